The molecule has 0 fully saturated rings. The fraction of sp³-hybridized carbons (Fsp3) is 0.214. The molecule has 0 atom stereocenters. The van der Waals surface area contributed by atoms with E-state index in [1.54, 1.807) is 12.1 Å². The lowest BCUT2D eigenvalue weighted by Gasteiger charge is -2.17. The van der Waals surface area contributed by atoms with E-state index in [0.29, 0.717) is 17.1 Å². The van der Waals surface area contributed by atoms with Crippen molar-refractivity contribution < 1.29 is 4.79 Å². The molecule has 0 saturated carbocycles. The van der Waals surface area contributed by atoms with Crippen LogP contribution in [-0.4, -0.2) is 28.9 Å². The summed E-state index contributed by atoms with van der Waals surface area (Å²) in [6, 6.07) is 10.9. The molecule has 19 heavy (non-hydrogen) atoms. The second kappa shape index (κ2) is 5.68. The Labute approximate surface area is 116 Å². The number of hydrogen-bond acceptors (Lipinski definition) is 3. The number of aromatic nitrogens is 1. The number of para-hydroxylation sites is 1. The molecular formula is C14H12ClN3O. The maximum atomic E-state index is 12.2. The molecular weight excluding hydrogens is 262 g/mol. The van der Waals surface area contributed by atoms with Crippen LogP contribution in [0.4, 0.5) is 0 Å². The first kappa shape index (κ1) is 13.3. The van der Waals surface area contributed by atoms with Gasteiger partial charge in [0, 0.05) is 11.9 Å². The van der Waals surface area contributed by atoms with E-state index in [1.807, 2.05) is 31.2 Å². The third kappa shape index (κ3) is 2.67. The molecule has 0 N–H and O–H groups in total. The summed E-state index contributed by atoms with van der Waals surface area (Å²) in [5.74, 6) is -0.281. The quantitative estimate of drug-likeness (QED) is 0.808. The van der Waals surface area contributed by atoms with Gasteiger partial charge in [-0.1, -0.05) is 29.8 Å². The van der Waals surface area contributed by atoms with E-state index < -0.39 is 0 Å². The molecule has 0 bridgehead atoms. The number of hydrogen-bond donors (Lipinski definition) is 0. The molecule has 2 rings (SSSR count). The van der Waals surface area contributed by atoms with Gasteiger partial charge in [-0.15, -0.1) is 0 Å². The zero-order chi connectivity index (χ0) is 13.8. The van der Waals surface area contributed by atoms with Crippen molar-refractivity contribution in [3.05, 3.63) is 41.0 Å². The molecule has 0 saturated heterocycles. The average Bonchev–Trinajstić information content (AvgIpc) is 2.44. The zero-order valence-electron chi connectivity index (χ0n) is 10.4. The monoisotopic (exact) mass is 273 g/mol. The van der Waals surface area contributed by atoms with Gasteiger partial charge >= 0.3 is 0 Å². The lowest BCUT2D eigenvalue weighted by Crippen LogP contribution is -2.31. The van der Waals surface area contributed by atoms with Crippen molar-refractivity contribution in [2.24, 2.45) is 0 Å². The number of amides is 1. The molecule has 0 unspecified atom stereocenters. The molecule has 0 aliphatic carbocycles. The van der Waals surface area contributed by atoms with Gasteiger partial charge in [0.2, 0.25) is 0 Å². The van der Waals surface area contributed by atoms with Crippen molar-refractivity contribution in [3.8, 4) is 6.07 Å². The number of carbonyl (C=O) groups excluding carboxylic acids is 1. The number of halogens is 1. The molecule has 2 aromatic rings. The molecule has 0 aliphatic heterocycles. The second-order valence-corrected chi connectivity index (χ2v) is 4.39. The minimum Gasteiger partial charge on any atom is -0.324 e. The molecule has 0 aliphatic rings. The predicted molar refractivity (Wildman–Crippen MR) is 73.9 cm³/mol. The van der Waals surface area contributed by atoms with Crippen LogP contribution in [0, 0.1) is 11.3 Å². The topological polar surface area (TPSA) is 57.0 Å². The van der Waals surface area contributed by atoms with Crippen LogP contribution >= 0.6 is 11.6 Å². The molecule has 1 amide bonds. The summed E-state index contributed by atoms with van der Waals surface area (Å²) < 4.78 is 0. The Morgan fingerprint density at radius 1 is 1.47 bits per heavy atom. The fourth-order valence-corrected chi connectivity index (χ4v) is 2.08. The highest BCUT2D eigenvalue weighted by atomic mass is 35.5. The Bertz CT molecular complexity index is 663. The van der Waals surface area contributed by atoms with Gasteiger partial charge in [-0.3, -0.25) is 4.79 Å². The molecule has 1 heterocycles. The average molecular weight is 274 g/mol. The van der Waals surface area contributed by atoms with E-state index in [0.717, 1.165) is 5.39 Å². The third-order valence-corrected chi connectivity index (χ3v) is 3.13. The Morgan fingerprint density at radius 2 is 2.21 bits per heavy atom. The highest BCUT2D eigenvalue weighted by molar-refractivity contribution is 6.35. The van der Waals surface area contributed by atoms with Crippen molar-refractivity contribution in [1.29, 1.82) is 5.26 Å². The second-order valence-electron chi connectivity index (χ2n) is 3.98. The van der Waals surface area contributed by atoms with Crippen LogP contribution in [0.5, 0.6) is 0 Å². The minimum atomic E-state index is -0.281. The van der Waals surface area contributed by atoms with Crippen LogP contribution in [0.15, 0.2) is 30.3 Å². The fourth-order valence-electron chi connectivity index (χ4n) is 1.82. The molecule has 1 aromatic carbocycles. The van der Waals surface area contributed by atoms with Crippen LogP contribution in [0.2, 0.25) is 5.02 Å². The maximum absolute atomic E-state index is 12.2. The third-order valence-electron chi connectivity index (χ3n) is 2.82. The minimum absolute atomic E-state index is 0.0431. The Morgan fingerprint density at radius 3 is 2.89 bits per heavy atom. The summed E-state index contributed by atoms with van der Waals surface area (Å²) in [6.45, 7) is 2.32. The van der Waals surface area contributed by atoms with Gasteiger partial charge in [0.25, 0.3) is 5.91 Å². The molecule has 0 spiro atoms. The van der Waals surface area contributed by atoms with Crippen molar-refractivity contribution >= 4 is 28.4 Å². The van der Waals surface area contributed by atoms with Gasteiger partial charge in [0.15, 0.2) is 0 Å². The van der Waals surface area contributed by atoms with Gasteiger partial charge in [-0.05, 0) is 19.1 Å². The number of fused-ring (bicyclic) bond motifs is 1. The number of benzene rings is 1. The summed E-state index contributed by atoms with van der Waals surface area (Å²) in [7, 11) is 0. The molecule has 96 valence electrons. The Balaban J connectivity index is 2.46. The number of nitriles is 1. The highest BCUT2D eigenvalue weighted by Gasteiger charge is 2.16. The van der Waals surface area contributed by atoms with E-state index >= 15 is 0 Å². The van der Waals surface area contributed by atoms with Crippen LogP contribution < -0.4 is 0 Å². The first-order valence-corrected chi connectivity index (χ1v) is 6.26. The largest absolute Gasteiger partial charge is 0.324 e. The lowest BCUT2D eigenvalue weighted by atomic mass is 10.2. The van der Waals surface area contributed by atoms with Gasteiger partial charge in [0.05, 0.1) is 16.6 Å². The van der Waals surface area contributed by atoms with Crippen LogP contribution in [0.1, 0.15) is 17.4 Å². The normalized spacial score (nSPS) is 10.2. The zero-order valence-corrected chi connectivity index (χ0v) is 11.2. The standard InChI is InChI=1S/C14H12ClN3O/c1-2-18(8-7-16)14(19)13-9-11(15)10-5-3-4-6-12(10)17-13/h3-6,9H,2,8H2,1H3. The van der Waals surface area contributed by atoms with E-state index in [9.17, 15) is 4.79 Å². The molecule has 5 heteroatoms. The van der Waals surface area contributed by atoms with Gasteiger partial charge in [-0.2, -0.15) is 5.26 Å². The number of rotatable bonds is 3. The van der Waals surface area contributed by atoms with Crippen molar-refractivity contribution in [2.75, 3.05) is 13.1 Å². The number of carbonyl (C=O) groups is 1. The summed E-state index contributed by atoms with van der Waals surface area (Å²) >= 11 is 6.16. The first-order valence-electron chi connectivity index (χ1n) is 5.89. The van der Waals surface area contributed by atoms with Crippen LogP contribution in [0.25, 0.3) is 10.9 Å². The highest BCUT2D eigenvalue weighted by Crippen LogP contribution is 2.23. The molecule has 0 radical (unpaired) electrons. The Kier molecular flexibility index (Phi) is 3.98. The lowest BCUT2D eigenvalue weighted by molar-refractivity contribution is 0.0779. The van der Waals surface area contributed by atoms with Crippen molar-refractivity contribution in [1.82, 2.24) is 9.88 Å². The van der Waals surface area contributed by atoms with Crippen molar-refractivity contribution in [3.63, 3.8) is 0 Å². The van der Waals surface area contributed by atoms with Gasteiger partial charge in [0.1, 0.15) is 12.2 Å². The smallest absolute Gasteiger partial charge is 0.273 e. The summed E-state index contributed by atoms with van der Waals surface area (Å²) in [5, 5.41) is 10.00. The Hall–Kier alpha value is -2.12. The van der Waals surface area contributed by atoms with Gasteiger partial charge in [-0.25, -0.2) is 4.98 Å². The van der Waals surface area contributed by atoms with Crippen LogP contribution in [0.3, 0.4) is 0 Å². The van der Waals surface area contributed by atoms with Gasteiger partial charge < -0.3 is 4.90 Å². The predicted octanol–water partition coefficient (Wildman–Crippen LogP) is 2.87. The van der Waals surface area contributed by atoms with E-state index in [4.69, 9.17) is 16.9 Å². The number of pyridine rings is 1. The van der Waals surface area contributed by atoms with E-state index in [2.05, 4.69) is 4.98 Å². The van der Waals surface area contributed by atoms with Crippen molar-refractivity contribution in [2.45, 2.75) is 6.92 Å². The number of nitrogens with zero attached hydrogens (tertiary/aromatic N) is 3. The summed E-state index contributed by atoms with van der Waals surface area (Å²) in [4.78, 5) is 17.9. The first-order chi connectivity index (χ1) is 9.17. The summed E-state index contributed by atoms with van der Waals surface area (Å²) in [6.07, 6.45) is 0. The SMILES string of the molecule is CCN(CC#N)C(=O)c1cc(Cl)c2ccccc2n1. The maximum Gasteiger partial charge on any atom is 0.273 e. The molecule has 1 aromatic heterocycles. The summed E-state index contributed by atoms with van der Waals surface area (Å²) in [5.41, 5.74) is 0.937. The molecule has 4 nitrogen and oxygen atoms in total. The van der Waals surface area contributed by atoms with E-state index in [1.165, 1.54) is 4.90 Å². The van der Waals surface area contributed by atoms with E-state index in [-0.39, 0.29) is 18.1 Å². The van der Waals surface area contributed by atoms with Crippen LogP contribution in [-0.2, 0) is 0 Å².